The van der Waals surface area contributed by atoms with Gasteiger partial charge in [0.15, 0.2) is 0 Å². The number of hydrogen-bond acceptors (Lipinski definition) is 2. The van der Waals surface area contributed by atoms with Gasteiger partial charge >= 0.3 is 0 Å². The second kappa shape index (κ2) is 4.11. The molecule has 58 valence electrons. The number of nitrogens with two attached hydrogens (primary N) is 1. The third-order valence-electron chi connectivity index (χ3n) is 1.36. The van der Waals surface area contributed by atoms with Crippen molar-refractivity contribution in [3.63, 3.8) is 0 Å². The van der Waals surface area contributed by atoms with Crippen LogP contribution >= 0.6 is 11.3 Å². The molecular formula is C9H11NS. The Kier molecular flexibility index (Phi) is 3.08. The van der Waals surface area contributed by atoms with Gasteiger partial charge in [-0.2, -0.15) is 0 Å². The fourth-order valence-electron chi connectivity index (χ4n) is 0.906. The maximum atomic E-state index is 4.50. The molecule has 2 N–H and O–H groups in total. The van der Waals surface area contributed by atoms with E-state index in [4.69, 9.17) is 0 Å². The number of fused-ring (bicyclic) bond motifs is 1. The molecule has 0 saturated heterocycles. The maximum absolute atomic E-state index is 4.50. The SMILES string of the molecule is CN.c1ccc2sccc2c1. The summed E-state index contributed by atoms with van der Waals surface area (Å²) < 4.78 is 1.37. The van der Waals surface area contributed by atoms with Gasteiger partial charge < -0.3 is 5.73 Å². The van der Waals surface area contributed by atoms with Crippen LogP contribution < -0.4 is 5.73 Å². The van der Waals surface area contributed by atoms with Crippen molar-refractivity contribution < 1.29 is 0 Å². The first-order valence-corrected chi connectivity index (χ1v) is 4.35. The van der Waals surface area contributed by atoms with Gasteiger partial charge in [0.1, 0.15) is 0 Å². The van der Waals surface area contributed by atoms with Gasteiger partial charge in [-0.3, -0.25) is 0 Å². The molecule has 0 aliphatic rings. The van der Waals surface area contributed by atoms with E-state index < -0.39 is 0 Å². The molecule has 0 radical (unpaired) electrons. The second-order valence-electron chi connectivity index (χ2n) is 1.96. The lowest BCUT2D eigenvalue weighted by atomic mass is 10.3. The first kappa shape index (κ1) is 8.24. The maximum Gasteiger partial charge on any atom is 0.0342 e. The number of benzene rings is 1. The summed E-state index contributed by atoms with van der Waals surface area (Å²) in [6.45, 7) is 0. The second-order valence-corrected chi connectivity index (χ2v) is 2.91. The highest BCUT2D eigenvalue weighted by Crippen LogP contribution is 2.18. The monoisotopic (exact) mass is 165 g/mol. The summed E-state index contributed by atoms with van der Waals surface area (Å²) in [6, 6.07) is 10.5. The van der Waals surface area contributed by atoms with Gasteiger partial charge in [0.2, 0.25) is 0 Å². The highest BCUT2D eigenvalue weighted by Gasteiger charge is 1.87. The summed E-state index contributed by atoms with van der Waals surface area (Å²) in [7, 11) is 1.50. The highest BCUT2D eigenvalue weighted by molar-refractivity contribution is 7.17. The molecular weight excluding hydrogens is 154 g/mol. The van der Waals surface area contributed by atoms with Crippen molar-refractivity contribution in [1.29, 1.82) is 0 Å². The van der Waals surface area contributed by atoms with Gasteiger partial charge in [-0.05, 0) is 29.9 Å². The van der Waals surface area contributed by atoms with Crippen LogP contribution in [-0.4, -0.2) is 7.05 Å². The van der Waals surface area contributed by atoms with Crippen LogP contribution in [0.25, 0.3) is 10.1 Å². The molecule has 2 heteroatoms. The standard InChI is InChI=1S/C8H6S.CH5N/c1-2-4-8-7(3-1)5-6-9-8;1-2/h1-6H;2H2,1H3. The van der Waals surface area contributed by atoms with Gasteiger partial charge in [0.25, 0.3) is 0 Å². The molecule has 0 amide bonds. The molecule has 0 aliphatic carbocycles. The van der Waals surface area contributed by atoms with Crippen molar-refractivity contribution in [2.24, 2.45) is 5.73 Å². The summed E-state index contributed by atoms with van der Waals surface area (Å²) >= 11 is 1.79. The van der Waals surface area contributed by atoms with Crippen molar-refractivity contribution in [2.75, 3.05) is 7.05 Å². The molecule has 0 fully saturated rings. The Morgan fingerprint density at radius 2 is 1.82 bits per heavy atom. The van der Waals surface area contributed by atoms with Crippen LogP contribution in [0.2, 0.25) is 0 Å². The molecule has 1 nitrogen and oxygen atoms in total. The molecule has 11 heavy (non-hydrogen) atoms. The molecule has 0 saturated carbocycles. The molecule has 1 aromatic carbocycles. The predicted octanol–water partition coefficient (Wildman–Crippen LogP) is 2.48. The highest BCUT2D eigenvalue weighted by atomic mass is 32.1. The van der Waals surface area contributed by atoms with E-state index in [-0.39, 0.29) is 0 Å². The first-order valence-electron chi connectivity index (χ1n) is 3.47. The van der Waals surface area contributed by atoms with Crippen LogP contribution in [0.5, 0.6) is 0 Å². The average molecular weight is 165 g/mol. The summed E-state index contributed by atoms with van der Waals surface area (Å²) in [5, 5.41) is 3.47. The van der Waals surface area contributed by atoms with Crippen LogP contribution in [0.1, 0.15) is 0 Å². The van der Waals surface area contributed by atoms with Crippen molar-refractivity contribution in [3.8, 4) is 0 Å². The van der Waals surface area contributed by atoms with Crippen LogP contribution in [-0.2, 0) is 0 Å². The molecule has 0 spiro atoms. The normalized spacial score (nSPS) is 8.91. The number of hydrogen-bond donors (Lipinski definition) is 1. The van der Waals surface area contributed by atoms with E-state index >= 15 is 0 Å². The summed E-state index contributed by atoms with van der Waals surface area (Å²) in [5.74, 6) is 0. The first-order chi connectivity index (χ1) is 5.47. The smallest absolute Gasteiger partial charge is 0.0342 e. The van der Waals surface area contributed by atoms with Crippen molar-refractivity contribution in [3.05, 3.63) is 35.7 Å². The lowest BCUT2D eigenvalue weighted by Crippen LogP contribution is -1.69. The Morgan fingerprint density at radius 1 is 1.09 bits per heavy atom. The molecule has 0 bridgehead atoms. The predicted molar refractivity (Wildman–Crippen MR) is 51.9 cm³/mol. The minimum absolute atomic E-state index is 1.35. The summed E-state index contributed by atoms with van der Waals surface area (Å²) in [5.41, 5.74) is 4.50. The van der Waals surface area contributed by atoms with Crippen LogP contribution in [0, 0.1) is 0 Å². The van der Waals surface area contributed by atoms with Crippen LogP contribution in [0.4, 0.5) is 0 Å². The molecule has 0 unspecified atom stereocenters. The van der Waals surface area contributed by atoms with E-state index in [1.54, 1.807) is 11.3 Å². The van der Waals surface area contributed by atoms with E-state index in [1.165, 1.54) is 17.1 Å². The van der Waals surface area contributed by atoms with E-state index in [0.29, 0.717) is 0 Å². The Hall–Kier alpha value is -0.860. The molecule has 1 heterocycles. The minimum atomic E-state index is 1.35. The lowest BCUT2D eigenvalue weighted by molar-refractivity contribution is 1.48. The van der Waals surface area contributed by atoms with Crippen LogP contribution in [0.15, 0.2) is 35.7 Å². The third-order valence-corrected chi connectivity index (χ3v) is 2.26. The zero-order valence-electron chi connectivity index (χ0n) is 6.45. The molecule has 0 atom stereocenters. The molecule has 0 aliphatic heterocycles. The van der Waals surface area contributed by atoms with Crippen LogP contribution in [0.3, 0.4) is 0 Å². The van der Waals surface area contributed by atoms with Crippen molar-refractivity contribution in [2.45, 2.75) is 0 Å². The van der Waals surface area contributed by atoms with E-state index in [2.05, 4.69) is 41.4 Å². The van der Waals surface area contributed by atoms with Gasteiger partial charge in [-0.15, -0.1) is 11.3 Å². The quantitative estimate of drug-likeness (QED) is 0.637. The summed E-state index contributed by atoms with van der Waals surface area (Å²) in [4.78, 5) is 0. The summed E-state index contributed by atoms with van der Waals surface area (Å²) in [6.07, 6.45) is 0. The third kappa shape index (κ3) is 1.79. The van der Waals surface area contributed by atoms with Gasteiger partial charge in [-0.25, -0.2) is 0 Å². The molecule has 2 rings (SSSR count). The van der Waals surface area contributed by atoms with Gasteiger partial charge in [0.05, 0.1) is 0 Å². The van der Waals surface area contributed by atoms with E-state index in [0.717, 1.165) is 0 Å². The average Bonchev–Trinajstić information content (AvgIpc) is 2.55. The number of thiophene rings is 1. The fraction of sp³-hybridized carbons (Fsp3) is 0.111. The molecule has 1 aromatic heterocycles. The Morgan fingerprint density at radius 3 is 2.55 bits per heavy atom. The van der Waals surface area contributed by atoms with E-state index in [9.17, 15) is 0 Å². The van der Waals surface area contributed by atoms with Crippen molar-refractivity contribution >= 4 is 21.4 Å². The lowest BCUT2D eigenvalue weighted by Gasteiger charge is -1.82. The zero-order chi connectivity index (χ0) is 8.10. The molecule has 2 aromatic rings. The minimum Gasteiger partial charge on any atom is -0.333 e. The van der Waals surface area contributed by atoms with Gasteiger partial charge in [0, 0.05) is 4.70 Å². The largest absolute Gasteiger partial charge is 0.333 e. The zero-order valence-corrected chi connectivity index (χ0v) is 7.27. The Balaban J connectivity index is 0.000000281. The Labute approximate surface area is 70.5 Å². The van der Waals surface area contributed by atoms with Gasteiger partial charge in [-0.1, -0.05) is 18.2 Å². The fourth-order valence-corrected chi connectivity index (χ4v) is 1.70. The van der Waals surface area contributed by atoms with E-state index in [1.807, 2.05) is 0 Å². The topological polar surface area (TPSA) is 26.0 Å². The number of rotatable bonds is 0. The Bertz CT molecular complexity index is 284. The van der Waals surface area contributed by atoms with Crippen molar-refractivity contribution in [1.82, 2.24) is 0 Å².